The predicted molar refractivity (Wildman–Crippen MR) is 82.1 cm³/mol. The molecule has 0 bridgehead atoms. The zero-order valence-electron chi connectivity index (χ0n) is 14.0. The summed E-state index contributed by atoms with van der Waals surface area (Å²) in [5.74, 6) is 0. The number of rotatable bonds is 16. The van der Waals surface area contributed by atoms with Crippen LogP contribution in [-0.2, 0) is 22.4 Å². The van der Waals surface area contributed by atoms with Gasteiger partial charge in [0.2, 0.25) is 0 Å². The zero-order chi connectivity index (χ0) is 15.8. The molecule has 0 unspecified atom stereocenters. The Bertz CT molecular complexity index is 196. The molecule has 0 heterocycles. The van der Waals surface area contributed by atoms with Gasteiger partial charge in [-0.1, -0.05) is 0 Å². The third kappa shape index (κ3) is 11.7. The number of hydrogen-bond donors (Lipinski definition) is 0. The van der Waals surface area contributed by atoms with E-state index in [1.54, 1.807) is 0 Å². The fourth-order valence-corrected chi connectivity index (χ4v) is 6.09. The quantitative estimate of drug-likeness (QED) is 0.166. The summed E-state index contributed by atoms with van der Waals surface area (Å²) in [7, 11) is 2.84. The molecule has 21 heavy (non-hydrogen) atoms. The van der Waals surface area contributed by atoms with Crippen molar-refractivity contribution in [2.75, 3.05) is 27.4 Å². The molecular formula is C14H32O6Sn. The predicted octanol–water partition coefficient (Wildman–Crippen LogP) is 3.77. The molecule has 0 atom stereocenters. The average Bonchev–Trinajstić information content (AvgIpc) is 2.47. The van der Waals surface area contributed by atoms with Crippen molar-refractivity contribution in [1.82, 2.24) is 0 Å². The van der Waals surface area contributed by atoms with Crippen LogP contribution in [0.25, 0.3) is 0 Å². The van der Waals surface area contributed by atoms with Crippen molar-refractivity contribution in [2.45, 2.75) is 65.2 Å². The summed E-state index contributed by atoms with van der Waals surface area (Å²) in [6.07, 6.45) is 8.90. The molecule has 0 aliphatic heterocycles. The van der Waals surface area contributed by atoms with Crippen LogP contribution in [-0.4, -0.2) is 47.5 Å². The van der Waals surface area contributed by atoms with E-state index in [1.807, 2.05) is 0 Å². The summed E-state index contributed by atoms with van der Waals surface area (Å²) < 4.78 is 21.9. The first-order valence-corrected chi connectivity index (χ1v) is 12.6. The average molecular weight is 415 g/mol. The summed E-state index contributed by atoms with van der Waals surface area (Å²) in [6, 6.07) is 0. The first-order valence-electron chi connectivity index (χ1n) is 7.96. The molecule has 0 spiro atoms. The van der Waals surface area contributed by atoms with Crippen LogP contribution in [0, 0.1) is 0 Å². The molecular weight excluding hydrogens is 383 g/mol. The molecule has 0 aromatic rings. The standard InChI is InChI=1S/2C6H13O.2CH4O2.Sn/c2*1-2-3-4-5-6-7;2*1-3-2;/h2*2-6H2,1H3;2*2H,1H3;/q2*-1;;;+4/p-2. The molecule has 0 rings (SSSR count). The van der Waals surface area contributed by atoms with Gasteiger partial charge in [-0.05, 0) is 0 Å². The van der Waals surface area contributed by atoms with Crippen LogP contribution in [0.3, 0.4) is 0 Å². The Morgan fingerprint density at radius 3 is 1.38 bits per heavy atom. The van der Waals surface area contributed by atoms with E-state index in [-0.39, 0.29) is 0 Å². The summed E-state index contributed by atoms with van der Waals surface area (Å²) >= 11 is -4.19. The molecule has 0 aromatic heterocycles. The molecule has 0 aromatic carbocycles. The summed E-state index contributed by atoms with van der Waals surface area (Å²) in [5, 5.41) is 0. The third-order valence-corrected chi connectivity index (χ3v) is 8.22. The van der Waals surface area contributed by atoms with Crippen LogP contribution in [0.4, 0.5) is 0 Å². The van der Waals surface area contributed by atoms with Gasteiger partial charge >= 0.3 is 135 Å². The Morgan fingerprint density at radius 2 is 1.05 bits per heavy atom. The third-order valence-electron chi connectivity index (χ3n) is 2.92. The zero-order valence-corrected chi connectivity index (χ0v) is 16.9. The second kappa shape index (κ2) is 15.5. The molecule has 7 heteroatoms. The van der Waals surface area contributed by atoms with Crippen LogP contribution in [0.5, 0.6) is 0 Å². The Balaban J connectivity index is 4.16. The van der Waals surface area contributed by atoms with Gasteiger partial charge in [0.15, 0.2) is 0 Å². The van der Waals surface area contributed by atoms with Crippen molar-refractivity contribution in [3.05, 3.63) is 0 Å². The van der Waals surface area contributed by atoms with Crippen molar-refractivity contribution in [2.24, 2.45) is 0 Å². The van der Waals surface area contributed by atoms with E-state index < -0.39 is 20.0 Å². The van der Waals surface area contributed by atoms with Gasteiger partial charge in [-0.15, -0.1) is 0 Å². The van der Waals surface area contributed by atoms with Gasteiger partial charge < -0.3 is 0 Å². The van der Waals surface area contributed by atoms with Crippen LogP contribution in [0.1, 0.15) is 65.2 Å². The van der Waals surface area contributed by atoms with E-state index in [0.717, 1.165) is 25.7 Å². The Hall–Kier alpha value is 0.559. The molecule has 0 saturated carbocycles. The van der Waals surface area contributed by atoms with E-state index >= 15 is 0 Å². The summed E-state index contributed by atoms with van der Waals surface area (Å²) in [6.45, 7) is 5.42. The van der Waals surface area contributed by atoms with E-state index in [0.29, 0.717) is 13.2 Å². The first-order chi connectivity index (χ1) is 10.2. The minimum atomic E-state index is -4.19. The van der Waals surface area contributed by atoms with Crippen molar-refractivity contribution in [3.8, 4) is 0 Å². The number of hydrogen-bond acceptors (Lipinski definition) is 6. The van der Waals surface area contributed by atoms with Gasteiger partial charge in [0, 0.05) is 0 Å². The molecule has 0 amide bonds. The van der Waals surface area contributed by atoms with Gasteiger partial charge in [-0.3, -0.25) is 0 Å². The Kier molecular flexibility index (Phi) is 15.9. The maximum atomic E-state index is 5.76. The summed E-state index contributed by atoms with van der Waals surface area (Å²) in [4.78, 5) is 9.51. The molecule has 0 aliphatic rings. The van der Waals surface area contributed by atoms with E-state index in [1.165, 1.54) is 39.9 Å². The Morgan fingerprint density at radius 1 is 0.619 bits per heavy atom. The molecule has 128 valence electrons. The van der Waals surface area contributed by atoms with Crippen molar-refractivity contribution < 1.29 is 22.4 Å². The van der Waals surface area contributed by atoms with Crippen molar-refractivity contribution >= 4 is 20.0 Å². The van der Waals surface area contributed by atoms with Gasteiger partial charge in [0.05, 0.1) is 0 Å². The molecule has 0 aliphatic carbocycles. The number of unbranched alkanes of at least 4 members (excludes halogenated alkanes) is 6. The van der Waals surface area contributed by atoms with Gasteiger partial charge in [-0.25, -0.2) is 0 Å². The molecule has 0 radical (unpaired) electrons. The SMILES string of the molecule is CCCCCC[O][Sn]([O]CCCCCC)([O]OC)[O]OC. The van der Waals surface area contributed by atoms with Gasteiger partial charge in [-0.2, -0.15) is 0 Å². The van der Waals surface area contributed by atoms with Crippen LogP contribution in [0.2, 0.25) is 0 Å². The van der Waals surface area contributed by atoms with Crippen molar-refractivity contribution in [1.29, 1.82) is 0 Å². The second-order valence-electron chi connectivity index (χ2n) is 4.82. The van der Waals surface area contributed by atoms with E-state index in [9.17, 15) is 0 Å². The van der Waals surface area contributed by atoms with Crippen LogP contribution < -0.4 is 0 Å². The maximum absolute atomic E-state index is 5.76. The van der Waals surface area contributed by atoms with Crippen molar-refractivity contribution in [3.63, 3.8) is 0 Å². The van der Waals surface area contributed by atoms with E-state index in [4.69, 9.17) is 22.4 Å². The monoisotopic (exact) mass is 416 g/mol. The van der Waals surface area contributed by atoms with Gasteiger partial charge in [0.25, 0.3) is 0 Å². The fourth-order valence-electron chi connectivity index (χ4n) is 1.81. The molecule has 0 saturated heterocycles. The first kappa shape index (κ1) is 21.6. The summed E-state index contributed by atoms with van der Waals surface area (Å²) in [5.41, 5.74) is 0. The van der Waals surface area contributed by atoms with Crippen LogP contribution >= 0.6 is 0 Å². The minimum absolute atomic E-state index is 0.539. The van der Waals surface area contributed by atoms with Crippen LogP contribution in [0.15, 0.2) is 0 Å². The van der Waals surface area contributed by atoms with E-state index in [2.05, 4.69) is 13.8 Å². The fraction of sp³-hybridized carbons (Fsp3) is 1.00. The van der Waals surface area contributed by atoms with Gasteiger partial charge in [0.1, 0.15) is 0 Å². The topological polar surface area (TPSA) is 55.4 Å². The normalized spacial score (nSPS) is 12.0. The molecule has 0 fully saturated rings. The second-order valence-corrected chi connectivity index (χ2v) is 10.3. The molecule has 0 N–H and O–H groups in total. The molecule has 6 nitrogen and oxygen atoms in total. The Labute approximate surface area is 135 Å².